The Kier molecular flexibility index (Phi) is 9.86. The minimum absolute atomic E-state index is 0.237. The molecule has 4 nitrogen and oxygen atoms in total. The first kappa shape index (κ1) is 19.4. The summed E-state index contributed by atoms with van der Waals surface area (Å²) in [6, 6.07) is 0. The van der Waals surface area contributed by atoms with Crippen LogP contribution in [0.25, 0.3) is 0 Å². The first-order chi connectivity index (χ1) is 9.35. The number of nitrogens with two attached hydrogens (primary N) is 1. The molecular weight excluding hydrogens is 250 g/mol. The van der Waals surface area contributed by atoms with Crippen LogP contribution in [-0.2, 0) is 4.79 Å². The van der Waals surface area contributed by atoms with Crippen molar-refractivity contribution in [3.63, 3.8) is 0 Å². The summed E-state index contributed by atoms with van der Waals surface area (Å²) >= 11 is 0. The molecule has 2 unspecified atom stereocenters. The highest BCUT2D eigenvalue weighted by molar-refractivity contribution is 5.84. The molecule has 1 amide bonds. The van der Waals surface area contributed by atoms with Crippen LogP contribution in [0.4, 0.5) is 0 Å². The van der Waals surface area contributed by atoms with Crippen molar-refractivity contribution in [3.05, 3.63) is 0 Å². The summed E-state index contributed by atoms with van der Waals surface area (Å²) in [6.45, 7) is 11.6. The van der Waals surface area contributed by atoms with Crippen molar-refractivity contribution >= 4 is 5.91 Å². The lowest BCUT2D eigenvalue weighted by Crippen LogP contribution is -2.53. The van der Waals surface area contributed by atoms with E-state index in [4.69, 9.17) is 5.73 Å². The molecular formula is C16H35N3O. The van der Waals surface area contributed by atoms with Gasteiger partial charge in [-0.25, -0.2) is 0 Å². The van der Waals surface area contributed by atoms with Crippen LogP contribution in [0.2, 0.25) is 0 Å². The Morgan fingerprint density at radius 2 is 2.00 bits per heavy atom. The summed E-state index contributed by atoms with van der Waals surface area (Å²) in [7, 11) is 2.18. The fourth-order valence-electron chi connectivity index (χ4n) is 2.31. The van der Waals surface area contributed by atoms with Gasteiger partial charge in [-0.15, -0.1) is 0 Å². The van der Waals surface area contributed by atoms with E-state index < -0.39 is 5.54 Å². The quantitative estimate of drug-likeness (QED) is 0.541. The number of carbonyl (C=O) groups is 1. The van der Waals surface area contributed by atoms with Gasteiger partial charge in [0, 0.05) is 6.54 Å². The van der Waals surface area contributed by atoms with E-state index in [1.807, 2.05) is 6.92 Å². The molecule has 0 radical (unpaired) electrons. The molecule has 0 fully saturated rings. The van der Waals surface area contributed by atoms with Gasteiger partial charge in [0.1, 0.15) is 0 Å². The fourth-order valence-corrected chi connectivity index (χ4v) is 2.31. The second-order valence-corrected chi connectivity index (χ2v) is 6.36. The largest absolute Gasteiger partial charge is 0.368 e. The maximum Gasteiger partial charge on any atom is 0.237 e. The van der Waals surface area contributed by atoms with Crippen LogP contribution in [0.1, 0.15) is 59.8 Å². The third-order valence-electron chi connectivity index (χ3n) is 4.10. The van der Waals surface area contributed by atoms with Crippen LogP contribution >= 0.6 is 0 Å². The molecule has 0 bridgehead atoms. The molecule has 0 aliphatic carbocycles. The summed E-state index contributed by atoms with van der Waals surface area (Å²) in [5.74, 6) is 0.515. The lowest BCUT2D eigenvalue weighted by atomic mass is 9.93. The molecule has 2 atom stereocenters. The molecule has 0 saturated heterocycles. The lowest BCUT2D eigenvalue weighted by Gasteiger charge is -2.28. The standard InChI is InChI=1S/C16H35N3O/c1-6-11-18-16(4,15(17)20)10-8-9-12-19(5)13-14(3)7-2/h14,18H,6-13H2,1-5H3,(H2,17,20). The van der Waals surface area contributed by atoms with Crippen molar-refractivity contribution in [2.24, 2.45) is 11.7 Å². The van der Waals surface area contributed by atoms with E-state index in [-0.39, 0.29) is 5.91 Å². The van der Waals surface area contributed by atoms with Crippen molar-refractivity contribution in [1.82, 2.24) is 10.2 Å². The number of carbonyl (C=O) groups excluding carboxylic acids is 1. The summed E-state index contributed by atoms with van der Waals surface area (Å²) in [5.41, 5.74) is 4.98. The van der Waals surface area contributed by atoms with Crippen molar-refractivity contribution in [1.29, 1.82) is 0 Å². The third kappa shape index (κ3) is 7.85. The molecule has 0 aliphatic rings. The fraction of sp³-hybridized carbons (Fsp3) is 0.938. The van der Waals surface area contributed by atoms with E-state index in [0.29, 0.717) is 0 Å². The third-order valence-corrected chi connectivity index (χ3v) is 4.10. The van der Waals surface area contributed by atoms with Crippen LogP contribution < -0.4 is 11.1 Å². The molecule has 0 aromatic carbocycles. The molecule has 4 heteroatoms. The van der Waals surface area contributed by atoms with Gasteiger partial charge >= 0.3 is 0 Å². The number of hydrogen-bond acceptors (Lipinski definition) is 3. The maximum absolute atomic E-state index is 11.6. The summed E-state index contributed by atoms with van der Waals surface area (Å²) in [4.78, 5) is 14.0. The Morgan fingerprint density at radius 1 is 1.35 bits per heavy atom. The second-order valence-electron chi connectivity index (χ2n) is 6.36. The smallest absolute Gasteiger partial charge is 0.237 e. The van der Waals surface area contributed by atoms with Gasteiger partial charge in [0.25, 0.3) is 0 Å². The zero-order valence-corrected chi connectivity index (χ0v) is 14.2. The van der Waals surface area contributed by atoms with E-state index in [9.17, 15) is 4.79 Å². The zero-order valence-electron chi connectivity index (χ0n) is 14.2. The Morgan fingerprint density at radius 3 is 2.50 bits per heavy atom. The monoisotopic (exact) mass is 285 g/mol. The number of hydrogen-bond donors (Lipinski definition) is 2. The number of nitrogens with zero attached hydrogens (tertiary/aromatic N) is 1. The zero-order chi connectivity index (χ0) is 15.6. The first-order valence-corrected chi connectivity index (χ1v) is 8.09. The van der Waals surface area contributed by atoms with Gasteiger partial charge < -0.3 is 16.0 Å². The number of rotatable bonds is 12. The first-order valence-electron chi connectivity index (χ1n) is 8.09. The Labute approximate surface area is 125 Å². The topological polar surface area (TPSA) is 58.4 Å². The Hall–Kier alpha value is -0.610. The van der Waals surface area contributed by atoms with E-state index in [0.717, 1.165) is 51.2 Å². The van der Waals surface area contributed by atoms with Crippen molar-refractivity contribution < 1.29 is 4.79 Å². The highest BCUT2D eigenvalue weighted by atomic mass is 16.1. The minimum atomic E-state index is -0.550. The normalized spacial score (nSPS) is 16.1. The Bertz CT molecular complexity index is 270. The van der Waals surface area contributed by atoms with Gasteiger partial charge in [-0.3, -0.25) is 4.79 Å². The van der Waals surface area contributed by atoms with Crippen LogP contribution in [0, 0.1) is 5.92 Å². The van der Waals surface area contributed by atoms with E-state index in [1.54, 1.807) is 0 Å². The maximum atomic E-state index is 11.6. The van der Waals surface area contributed by atoms with Gasteiger partial charge in [-0.05, 0) is 58.7 Å². The van der Waals surface area contributed by atoms with E-state index in [2.05, 4.69) is 38.0 Å². The van der Waals surface area contributed by atoms with Crippen molar-refractivity contribution in [2.45, 2.75) is 65.3 Å². The molecule has 0 aliphatic heterocycles. The van der Waals surface area contributed by atoms with Gasteiger partial charge in [0.2, 0.25) is 5.91 Å². The van der Waals surface area contributed by atoms with Gasteiger partial charge in [0.05, 0.1) is 5.54 Å². The molecule has 20 heavy (non-hydrogen) atoms. The molecule has 0 aromatic rings. The molecule has 3 N–H and O–H groups in total. The molecule has 0 spiro atoms. The average molecular weight is 285 g/mol. The minimum Gasteiger partial charge on any atom is -0.368 e. The van der Waals surface area contributed by atoms with Gasteiger partial charge in [-0.2, -0.15) is 0 Å². The van der Waals surface area contributed by atoms with Crippen molar-refractivity contribution in [3.8, 4) is 0 Å². The molecule has 0 rings (SSSR count). The molecule has 0 saturated carbocycles. The summed E-state index contributed by atoms with van der Waals surface area (Å²) < 4.78 is 0. The summed E-state index contributed by atoms with van der Waals surface area (Å²) in [6.07, 6.45) is 5.20. The van der Waals surface area contributed by atoms with Gasteiger partial charge in [0.15, 0.2) is 0 Å². The second kappa shape index (κ2) is 10.2. The van der Waals surface area contributed by atoms with Crippen LogP contribution in [0.15, 0.2) is 0 Å². The highest BCUT2D eigenvalue weighted by Crippen LogP contribution is 2.14. The SMILES string of the molecule is CCCNC(C)(CCCCN(C)CC(C)CC)C(N)=O. The number of amides is 1. The average Bonchev–Trinajstić information content (AvgIpc) is 2.41. The molecule has 120 valence electrons. The van der Waals surface area contributed by atoms with Crippen LogP contribution in [-0.4, -0.2) is 43.0 Å². The summed E-state index contributed by atoms with van der Waals surface area (Å²) in [5, 5.41) is 3.29. The number of primary amides is 1. The number of nitrogens with one attached hydrogen (secondary N) is 1. The van der Waals surface area contributed by atoms with Crippen LogP contribution in [0.3, 0.4) is 0 Å². The highest BCUT2D eigenvalue weighted by Gasteiger charge is 2.29. The van der Waals surface area contributed by atoms with E-state index >= 15 is 0 Å². The van der Waals surface area contributed by atoms with Crippen molar-refractivity contribution in [2.75, 3.05) is 26.7 Å². The number of unbranched alkanes of at least 4 members (excludes halogenated alkanes) is 1. The van der Waals surface area contributed by atoms with Crippen LogP contribution in [0.5, 0.6) is 0 Å². The Balaban J connectivity index is 3.97. The lowest BCUT2D eigenvalue weighted by molar-refractivity contribution is -0.124. The predicted octanol–water partition coefficient (Wildman–Crippen LogP) is 2.38. The van der Waals surface area contributed by atoms with Gasteiger partial charge in [-0.1, -0.05) is 27.2 Å². The predicted molar refractivity (Wildman–Crippen MR) is 86.7 cm³/mol. The molecule has 0 heterocycles. The molecule has 0 aromatic heterocycles. The van der Waals surface area contributed by atoms with E-state index in [1.165, 1.54) is 6.42 Å².